The average Bonchev–Trinajstić information content (AvgIpc) is 2.91. The van der Waals surface area contributed by atoms with Crippen molar-refractivity contribution < 1.29 is 0 Å². The number of nitrogens with one attached hydrogen (secondary N) is 1. The van der Waals surface area contributed by atoms with Gasteiger partial charge in [-0.1, -0.05) is 0 Å². The first-order chi connectivity index (χ1) is 9.37. The second-order valence-electron chi connectivity index (χ2n) is 6.28. The molecular formula is C15H25N5. The van der Waals surface area contributed by atoms with Gasteiger partial charge in [0, 0.05) is 55.2 Å². The van der Waals surface area contributed by atoms with Crippen molar-refractivity contribution in [2.45, 2.75) is 52.7 Å². The highest BCUT2D eigenvalue weighted by Crippen LogP contribution is 2.10. The number of rotatable bonds is 5. The molecule has 2 aromatic heterocycles. The Morgan fingerprint density at radius 3 is 2.60 bits per heavy atom. The molecule has 2 heterocycles. The highest BCUT2D eigenvalue weighted by atomic mass is 15.3. The third kappa shape index (κ3) is 3.70. The second kappa shape index (κ2) is 5.79. The Balaban J connectivity index is 1.97. The van der Waals surface area contributed by atoms with Gasteiger partial charge in [0.2, 0.25) is 0 Å². The van der Waals surface area contributed by atoms with Crippen LogP contribution in [0.3, 0.4) is 0 Å². The van der Waals surface area contributed by atoms with Crippen molar-refractivity contribution in [3.63, 3.8) is 0 Å². The third-order valence-corrected chi connectivity index (χ3v) is 3.52. The summed E-state index contributed by atoms with van der Waals surface area (Å²) in [5.41, 5.74) is 3.87. The summed E-state index contributed by atoms with van der Waals surface area (Å²) in [6.45, 7) is 10.4. The van der Waals surface area contributed by atoms with Crippen molar-refractivity contribution in [3.8, 4) is 0 Å². The van der Waals surface area contributed by atoms with Crippen molar-refractivity contribution in [2.24, 2.45) is 7.05 Å². The molecule has 0 saturated carbocycles. The van der Waals surface area contributed by atoms with Crippen LogP contribution in [0.4, 0.5) is 0 Å². The van der Waals surface area contributed by atoms with E-state index in [0.29, 0.717) is 0 Å². The fraction of sp³-hybridized carbons (Fsp3) is 0.600. The Morgan fingerprint density at radius 2 is 2.00 bits per heavy atom. The van der Waals surface area contributed by atoms with Crippen LogP contribution in [0, 0.1) is 6.92 Å². The van der Waals surface area contributed by atoms with Gasteiger partial charge in [0.1, 0.15) is 0 Å². The molecule has 110 valence electrons. The summed E-state index contributed by atoms with van der Waals surface area (Å²) in [5.74, 6) is 0. The van der Waals surface area contributed by atoms with Gasteiger partial charge in [-0.05, 0) is 33.8 Å². The smallest absolute Gasteiger partial charge is 0.0537 e. The molecule has 0 saturated heterocycles. The molecular weight excluding hydrogens is 250 g/mol. The van der Waals surface area contributed by atoms with Crippen LogP contribution in [0.15, 0.2) is 18.5 Å². The summed E-state index contributed by atoms with van der Waals surface area (Å²) in [5, 5.41) is 12.2. The highest BCUT2D eigenvalue weighted by Gasteiger charge is 2.12. The van der Waals surface area contributed by atoms with Crippen LogP contribution in [0.5, 0.6) is 0 Å². The molecule has 0 fully saturated rings. The van der Waals surface area contributed by atoms with Gasteiger partial charge >= 0.3 is 0 Å². The fourth-order valence-corrected chi connectivity index (χ4v) is 2.11. The molecule has 5 nitrogen and oxygen atoms in total. The van der Waals surface area contributed by atoms with Gasteiger partial charge in [-0.2, -0.15) is 10.2 Å². The molecule has 0 aliphatic rings. The maximum absolute atomic E-state index is 4.49. The normalized spacial score (nSPS) is 12.1. The molecule has 20 heavy (non-hydrogen) atoms. The predicted molar refractivity (Wildman–Crippen MR) is 80.5 cm³/mol. The van der Waals surface area contributed by atoms with Crippen molar-refractivity contribution in [2.75, 3.05) is 0 Å². The zero-order chi connectivity index (χ0) is 14.8. The first-order valence-electron chi connectivity index (χ1n) is 7.10. The van der Waals surface area contributed by atoms with Gasteiger partial charge in [-0.15, -0.1) is 0 Å². The Kier molecular flexibility index (Phi) is 4.28. The summed E-state index contributed by atoms with van der Waals surface area (Å²) in [6, 6.07) is 2.06. The van der Waals surface area contributed by atoms with Crippen molar-refractivity contribution in [1.29, 1.82) is 0 Å². The highest BCUT2D eigenvalue weighted by molar-refractivity contribution is 5.16. The van der Waals surface area contributed by atoms with Crippen LogP contribution in [0.1, 0.15) is 37.7 Å². The first kappa shape index (κ1) is 14.8. The first-order valence-corrected chi connectivity index (χ1v) is 7.10. The molecule has 2 aromatic rings. The van der Waals surface area contributed by atoms with Gasteiger partial charge in [0.25, 0.3) is 0 Å². The fourth-order valence-electron chi connectivity index (χ4n) is 2.11. The van der Waals surface area contributed by atoms with E-state index in [1.165, 1.54) is 17.0 Å². The zero-order valence-electron chi connectivity index (χ0n) is 13.1. The van der Waals surface area contributed by atoms with E-state index in [9.17, 15) is 0 Å². The van der Waals surface area contributed by atoms with E-state index in [2.05, 4.69) is 54.0 Å². The summed E-state index contributed by atoms with van der Waals surface area (Å²) < 4.78 is 3.99. The molecule has 0 amide bonds. The van der Waals surface area contributed by atoms with Crippen LogP contribution in [-0.2, 0) is 26.6 Å². The summed E-state index contributed by atoms with van der Waals surface area (Å²) in [7, 11) is 1.98. The molecule has 1 N–H and O–H groups in total. The molecule has 0 aromatic carbocycles. The van der Waals surface area contributed by atoms with E-state index in [1.54, 1.807) is 0 Å². The summed E-state index contributed by atoms with van der Waals surface area (Å²) >= 11 is 0. The second-order valence-corrected chi connectivity index (χ2v) is 6.28. The number of aromatic nitrogens is 4. The Hall–Kier alpha value is -1.62. The lowest BCUT2D eigenvalue weighted by atomic mass is 10.1. The van der Waals surface area contributed by atoms with E-state index in [4.69, 9.17) is 0 Å². The maximum atomic E-state index is 4.49. The van der Waals surface area contributed by atoms with Crippen LogP contribution >= 0.6 is 0 Å². The molecule has 5 heteroatoms. The lowest BCUT2D eigenvalue weighted by molar-refractivity contribution is 0.423. The quantitative estimate of drug-likeness (QED) is 0.908. The van der Waals surface area contributed by atoms with Gasteiger partial charge < -0.3 is 5.32 Å². The predicted octanol–water partition coefficient (Wildman–Crippen LogP) is 2.06. The molecule has 0 atom stereocenters. The number of hydrogen-bond acceptors (Lipinski definition) is 3. The van der Waals surface area contributed by atoms with Crippen LogP contribution in [0.25, 0.3) is 0 Å². The molecule has 0 radical (unpaired) electrons. The number of aryl methyl sites for hydroxylation is 3. The number of nitrogens with zero attached hydrogens (tertiary/aromatic N) is 4. The monoisotopic (exact) mass is 275 g/mol. The molecule has 0 bridgehead atoms. The average molecular weight is 275 g/mol. The Bertz CT molecular complexity index is 559. The van der Waals surface area contributed by atoms with Crippen LogP contribution in [-0.4, -0.2) is 25.1 Å². The standard InChI is InChI=1S/C15H25N5/c1-12-13(10-16-15(2,3)4)11-18-20(12)9-7-14-6-8-17-19(14)5/h6,8,11,16H,7,9-10H2,1-5H3. The molecule has 0 aliphatic carbocycles. The van der Waals surface area contributed by atoms with Crippen molar-refractivity contribution in [1.82, 2.24) is 24.9 Å². The third-order valence-electron chi connectivity index (χ3n) is 3.52. The molecule has 2 rings (SSSR count). The van der Waals surface area contributed by atoms with E-state index in [1.807, 2.05) is 24.1 Å². The van der Waals surface area contributed by atoms with E-state index in [-0.39, 0.29) is 5.54 Å². The summed E-state index contributed by atoms with van der Waals surface area (Å²) in [4.78, 5) is 0. The summed E-state index contributed by atoms with van der Waals surface area (Å²) in [6.07, 6.45) is 4.76. The maximum Gasteiger partial charge on any atom is 0.0537 e. The van der Waals surface area contributed by atoms with Gasteiger partial charge in [0.15, 0.2) is 0 Å². The lowest BCUT2D eigenvalue weighted by Gasteiger charge is -2.20. The van der Waals surface area contributed by atoms with Crippen LogP contribution < -0.4 is 5.32 Å². The van der Waals surface area contributed by atoms with Crippen molar-refractivity contribution >= 4 is 0 Å². The minimum Gasteiger partial charge on any atom is -0.308 e. The largest absolute Gasteiger partial charge is 0.308 e. The van der Waals surface area contributed by atoms with E-state index in [0.717, 1.165) is 19.5 Å². The molecule has 0 spiro atoms. The van der Waals surface area contributed by atoms with Gasteiger partial charge in [0.05, 0.1) is 6.20 Å². The molecule has 0 aliphatic heterocycles. The zero-order valence-corrected chi connectivity index (χ0v) is 13.1. The number of hydrogen-bond donors (Lipinski definition) is 1. The Morgan fingerprint density at radius 1 is 1.25 bits per heavy atom. The van der Waals surface area contributed by atoms with Crippen molar-refractivity contribution in [3.05, 3.63) is 35.4 Å². The van der Waals surface area contributed by atoms with Gasteiger partial charge in [-0.3, -0.25) is 9.36 Å². The SMILES string of the molecule is Cc1c(CNC(C)(C)C)cnn1CCc1ccnn1C. The van der Waals surface area contributed by atoms with E-state index < -0.39 is 0 Å². The Labute approximate surface area is 121 Å². The van der Waals surface area contributed by atoms with Gasteiger partial charge in [-0.25, -0.2) is 0 Å². The minimum absolute atomic E-state index is 0.128. The van der Waals surface area contributed by atoms with E-state index >= 15 is 0 Å². The van der Waals surface area contributed by atoms with Crippen LogP contribution in [0.2, 0.25) is 0 Å². The lowest BCUT2D eigenvalue weighted by Crippen LogP contribution is -2.35. The topological polar surface area (TPSA) is 47.7 Å². The minimum atomic E-state index is 0.128. The molecule has 0 unspecified atom stereocenters.